The molecule has 1 unspecified atom stereocenters. The molecule has 0 aliphatic carbocycles. The van der Waals surface area contributed by atoms with E-state index in [9.17, 15) is 9.59 Å². The van der Waals surface area contributed by atoms with Crippen LogP contribution in [0, 0.1) is 0 Å². The summed E-state index contributed by atoms with van der Waals surface area (Å²) in [6, 6.07) is 9.05. The summed E-state index contributed by atoms with van der Waals surface area (Å²) in [4.78, 5) is 24.1. The Morgan fingerprint density at radius 1 is 1.40 bits per heavy atom. The molecule has 2 amide bonds. The normalized spacial score (nSPS) is 11.4. The van der Waals surface area contributed by atoms with E-state index in [0.717, 1.165) is 12.0 Å². The van der Waals surface area contributed by atoms with Crippen molar-refractivity contribution < 1.29 is 14.7 Å². The Morgan fingerprint density at radius 2 is 2.05 bits per heavy atom. The quantitative estimate of drug-likeness (QED) is 0.751. The number of nitrogens with one attached hydrogen (secondary N) is 1. The number of hydrogen-bond donors (Lipinski definition) is 2. The standard InChI is InChI=1S/C15H20N2O3/c1-3-10-17(11-14(18)19)15(20)16-13(4-2)12-8-6-5-7-9-12/h3,5-9,13H,1,4,10-11H2,2H3,(H,16,20)(H,18,19). The minimum absolute atomic E-state index is 0.134. The van der Waals surface area contributed by atoms with Gasteiger partial charge >= 0.3 is 12.0 Å². The monoisotopic (exact) mass is 276 g/mol. The number of nitrogens with zero attached hydrogens (tertiary/aromatic N) is 1. The molecular formula is C15H20N2O3. The highest BCUT2D eigenvalue weighted by Crippen LogP contribution is 2.16. The fraction of sp³-hybridized carbons (Fsp3) is 0.333. The highest BCUT2D eigenvalue weighted by molar-refractivity contribution is 5.80. The second-order valence-electron chi connectivity index (χ2n) is 4.38. The molecule has 1 aromatic carbocycles. The molecule has 0 spiro atoms. The maximum atomic E-state index is 12.1. The van der Waals surface area contributed by atoms with E-state index in [1.54, 1.807) is 0 Å². The number of urea groups is 1. The fourth-order valence-corrected chi connectivity index (χ4v) is 1.89. The molecule has 1 atom stereocenters. The molecule has 1 rings (SSSR count). The van der Waals surface area contributed by atoms with Crippen LogP contribution in [0.25, 0.3) is 0 Å². The lowest BCUT2D eigenvalue weighted by Crippen LogP contribution is -2.44. The number of carboxylic acid groups (broad SMARTS) is 1. The van der Waals surface area contributed by atoms with Gasteiger partial charge in [0, 0.05) is 6.54 Å². The van der Waals surface area contributed by atoms with Gasteiger partial charge in [0.2, 0.25) is 0 Å². The van der Waals surface area contributed by atoms with E-state index in [-0.39, 0.29) is 19.1 Å². The second-order valence-corrected chi connectivity index (χ2v) is 4.38. The number of carboxylic acids is 1. The van der Waals surface area contributed by atoms with Crippen LogP contribution in [0.5, 0.6) is 0 Å². The van der Waals surface area contributed by atoms with E-state index in [2.05, 4.69) is 11.9 Å². The van der Waals surface area contributed by atoms with Crippen LogP contribution >= 0.6 is 0 Å². The Hall–Kier alpha value is -2.30. The van der Waals surface area contributed by atoms with Crippen molar-refractivity contribution in [2.45, 2.75) is 19.4 Å². The molecule has 108 valence electrons. The second kappa shape index (κ2) is 7.99. The van der Waals surface area contributed by atoms with Gasteiger partial charge in [0.15, 0.2) is 0 Å². The smallest absolute Gasteiger partial charge is 0.323 e. The number of carbonyl (C=O) groups is 2. The predicted molar refractivity (Wildman–Crippen MR) is 77.4 cm³/mol. The van der Waals surface area contributed by atoms with Gasteiger partial charge in [-0.15, -0.1) is 6.58 Å². The minimum atomic E-state index is -1.05. The summed E-state index contributed by atoms with van der Waals surface area (Å²) in [6.07, 6.45) is 2.23. The van der Waals surface area contributed by atoms with Gasteiger partial charge in [-0.05, 0) is 12.0 Å². The molecule has 0 heterocycles. The topological polar surface area (TPSA) is 69.6 Å². The highest BCUT2D eigenvalue weighted by atomic mass is 16.4. The van der Waals surface area contributed by atoms with Crippen molar-refractivity contribution in [2.24, 2.45) is 0 Å². The molecule has 0 saturated heterocycles. The third kappa shape index (κ3) is 4.76. The van der Waals surface area contributed by atoms with Crippen molar-refractivity contribution in [1.82, 2.24) is 10.2 Å². The molecule has 0 aliphatic rings. The highest BCUT2D eigenvalue weighted by Gasteiger charge is 2.19. The van der Waals surface area contributed by atoms with Crippen LogP contribution < -0.4 is 5.32 Å². The summed E-state index contributed by atoms with van der Waals surface area (Å²) in [7, 11) is 0. The first-order valence-electron chi connectivity index (χ1n) is 6.51. The van der Waals surface area contributed by atoms with Crippen molar-refractivity contribution in [2.75, 3.05) is 13.1 Å². The molecule has 2 N–H and O–H groups in total. The maximum Gasteiger partial charge on any atom is 0.323 e. The number of amides is 2. The molecule has 20 heavy (non-hydrogen) atoms. The molecule has 5 nitrogen and oxygen atoms in total. The van der Waals surface area contributed by atoms with Crippen molar-refractivity contribution in [3.05, 3.63) is 48.6 Å². The molecule has 0 saturated carbocycles. The average molecular weight is 276 g/mol. The van der Waals surface area contributed by atoms with Gasteiger partial charge in [-0.1, -0.05) is 43.3 Å². The zero-order chi connectivity index (χ0) is 15.0. The van der Waals surface area contributed by atoms with Crippen molar-refractivity contribution in [3.63, 3.8) is 0 Å². The van der Waals surface area contributed by atoms with Gasteiger partial charge in [0.25, 0.3) is 0 Å². The summed E-state index contributed by atoms with van der Waals surface area (Å²) in [5, 5.41) is 11.7. The predicted octanol–water partition coefficient (Wildman–Crippen LogP) is 2.42. The molecule has 5 heteroatoms. The molecule has 0 radical (unpaired) electrons. The largest absolute Gasteiger partial charge is 0.480 e. The Labute approximate surface area is 118 Å². The fourth-order valence-electron chi connectivity index (χ4n) is 1.89. The summed E-state index contributed by atoms with van der Waals surface area (Å²) in [5.74, 6) is -1.05. The van der Waals surface area contributed by atoms with Crippen LogP contribution in [0.1, 0.15) is 24.9 Å². The first kappa shape index (κ1) is 15.8. The van der Waals surface area contributed by atoms with E-state index in [0.29, 0.717) is 0 Å². The first-order chi connectivity index (χ1) is 9.58. The first-order valence-corrected chi connectivity index (χ1v) is 6.51. The maximum absolute atomic E-state index is 12.1. The van der Waals surface area contributed by atoms with Crippen LogP contribution in [-0.2, 0) is 4.79 Å². The lowest BCUT2D eigenvalue weighted by molar-refractivity contribution is -0.137. The summed E-state index contributed by atoms with van der Waals surface area (Å²) < 4.78 is 0. The zero-order valence-electron chi connectivity index (χ0n) is 11.6. The Bertz CT molecular complexity index is 459. The Balaban J connectivity index is 2.74. The lowest BCUT2D eigenvalue weighted by atomic mass is 10.1. The SMILES string of the molecule is C=CCN(CC(=O)O)C(=O)NC(CC)c1ccccc1. The Kier molecular flexibility index (Phi) is 6.29. The summed E-state index contributed by atoms with van der Waals surface area (Å²) in [6.45, 7) is 5.35. The van der Waals surface area contributed by atoms with Crippen molar-refractivity contribution in [3.8, 4) is 0 Å². The van der Waals surface area contributed by atoms with Gasteiger partial charge in [-0.25, -0.2) is 4.79 Å². The number of aliphatic carboxylic acids is 1. The van der Waals surface area contributed by atoms with E-state index >= 15 is 0 Å². The van der Waals surface area contributed by atoms with E-state index in [4.69, 9.17) is 5.11 Å². The molecular weight excluding hydrogens is 256 g/mol. The van der Waals surface area contributed by atoms with Gasteiger partial charge < -0.3 is 15.3 Å². The van der Waals surface area contributed by atoms with E-state index < -0.39 is 12.0 Å². The number of rotatable bonds is 7. The molecule has 0 fully saturated rings. The van der Waals surface area contributed by atoms with Gasteiger partial charge in [-0.2, -0.15) is 0 Å². The van der Waals surface area contributed by atoms with Crippen LogP contribution in [0.2, 0.25) is 0 Å². The molecule has 0 aromatic heterocycles. The van der Waals surface area contributed by atoms with Crippen LogP contribution in [0.3, 0.4) is 0 Å². The van der Waals surface area contributed by atoms with Crippen LogP contribution in [0.4, 0.5) is 4.79 Å². The Morgan fingerprint density at radius 3 is 2.55 bits per heavy atom. The minimum Gasteiger partial charge on any atom is -0.480 e. The third-order valence-electron chi connectivity index (χ3n) is 2.87. The zero-order valence-corrected chi connectivity index (χ0v) is 11.6. The van der Waals surface area contributed by atoms with Gasteiger partial charge in [0.1, 0.15) is 6.54 Å². The summed E-state index contributed by atoms with van der Waals surface area (Å²) >= 11 is 0. The number of hydrogen-bond acceptors (Lipinski definition) is 2. The van der Waals surface area contributed by atoms with Crippen molar-refractivity contribution in [1.29, 1.82) is 0 Å². The van der Waals surface area contributed by atoms with E-state index in [1.165, 1.54) is 11.0 Å². The molecule has 0 aliphatic heterocycles. The van der Waals surface area contributed by atoms with E-state index in [1.807, 2.05) is 37.3 Å². The lowest BCUT2D eigenvalue weighted by Gasteiger charge is -2.24. The third-order valence-corrected chi connectivity index (χ3v) is 2.87. The molecule has 1 aromatic rings. The number of benzene rings is 1. The van der Waals surface area contributed by atoms with Gasteiger partial charge in [0.05, 0.1) is 6.04 Å². The number of carbonyl (C=O) groups excluding carboxylic acids is 1. The van der Waals surface area contributed by atoms with Crippen LogP contribution in [-0.4, -0.2) is 35.1 Å². The van der Waals surface area contributed by atoms with Gasteiger partial charge in [-0.3, -0.25) is 4.79 Å². The van der Waals surface area contributed by atoms with Crippen molar-refractivity contribution >= 4 is 12.0 Å². The summed E-state index contributed by atoms with van der Waals surface area (Å²) in [5.41, 5.74) is 0.997. The van der Waals surface area contributed by atoms with Crippen LogP contribution in [0.15, 0.2) is 43.0 Å². The average Bonchev–Trinajstić information content (AvgIpc) is 2.44. The molecule has 0 bridgehead atoms.